The van der Waals surface area contributed by atoms with E-state index in [1.54, 1.807) is 0 Å². The van der Waals surface area contributed by atoms with Gasteiger partial charge in [-0.05, 0) is 19.3 Å². The Labute approximate surface area is 126 Å². The summed E-state index contributed by atoms with van der Waals surface area (Å²) in [6.07, 6.45) is 3.36. The maximum absolute atomic E-state index is 8.00. The van der Waals surface area contributed by atoms with E-state index in [9.17, 15) is 0 Å². The van der Waals surface area contributed by atoms with Crippen LogP contribution in [0.2, 0.25) is 0 Å². The van der Waals surface area contributed by atoms with Crippen molar-refractivity contribution in [3.8, 4) is 23.7 Å². The summed E-state index contributed by atoms with van der Waals surface area (Å²) in [4.78, 5) is 0. The summed E-state index contributed by atoms with van der Waals surface area (Å²) in [6.45, 7) is 1.28. The number of halogens is 2. The Bertz CT molecular complexity index is 285. The van der Waals surface area contributed by atoms with Crippen LogP contribution in [0.25, 0.3) is 0 Å². The average Bonchev–Trinajstić information content (AvgIpc) is 2.43. The zero-order valence-electron chi connectivity index (χ0n) is 10.3. The molecule has 1 fully saturated rings. The van der Waals surface area contributed by atoms with Crippen molar-refractivity contribution in [1.82, 2.24) is 0 Å². The van der Waals surface area contributed by atoms with Gasteiger partial charge in [-0.2, -0.15) is 0 Å². The Morgan fingerprint density at radius 3 is 2.33 bits per heavy atom. The molecule has 0 aliphatic carbocycles. The Hall–Kier alpha value is -0.0400. The minimum absolute atomic E-state index is 0.0108. The molecule has 0 amide bonds. The summed E-state index contributed by atoms with van der Waals surface area (Å²) in [7, 11) is 0. The van der Waals surface area contributed by atoms with Crippen LogP contribution in [-0.2, 0) is 9.47 Å². The molecule has 0 radical (unpaired) electrons. The van der Waals surface area contributed by atoms with Crippen LogP contribution in [0.15, 0.2) is 0 Å². The Morgan fingerprint density at radius 2 is 1.83 bits per heavy atom. The van der Waals surface area contributed by atoms with E-state index in [4.69, 9.17) is 14.6 Å². The molecule has 3 nitrogen and oxygen atoms in total. The third kappa shape index (κ3) is 12.4. The van der Waals surface area contributed by atoms with Crippen LogP contribution < -0.4 is 0 Å². The molecule has 1 unspecified atom stereocenters. The second kappa shape index (κ2) is 15.0. The van der Waals surface area contributed by atoms with Gasteiger partial charge < -0.3 is 14.6 Å². The molecule has 0 saturated carbocycles. The lowest BCUT2D eigenvalue weighted by atomic mass is 10.2. The van der Waals surface area contributed by atoms with E-state index in [1.807, 2.05) is 0 Å². The van der Waals surface area contributed by atoms with Crippen molar-refractivity contribution in [2.45, 2.75) is 25.6 Å². The third-order valence-corrected chi connectivity index (χ3v) is 2.50. The first kappa shape index (κ1) is 18.0. The van der Waals surface area contributed by atoms with Crippen LogP contribution in [0, 0.1) is 23.7 Å². The maximum Gasteiger partial charge on any atom is 0.158 e. The van der Waals surface area contributed by atoms with Crippen molar-refractivity contribution in [3.05, 3.63) is 0 Å². The molecule has 0 aromatic heterocycles. The van der Waals surface area contributed by atoms with E-state index in [2.05, 4.69) is 55.5 Å². The minimum Gasteiger partial charge on any atom is -0.384 e. The summed E-state index contributed by atoms with van der Waals surface area (Å²) in [5, 5.41) is 9.36. The van der Waals surface area contributed by atoms with Gasteiger partial charge in [-0.1, -0.05) is 55.5 Å². The normalized spacial score (nSPS) is 17.4. The molecule has 0 spiro atoms. The second-order valence-corrected chi connectivity index (χ2v) is 4.36. The summed E-state index contributed by atoms with van der Waals surface area (Å²) in [6, 6.07) is 0. The van der Waals surface area contributed by atoms with Crippen molar-refractivity contribution in [1.29, 1.82) is 0 Å². The fourth-order valence-electron chi connectivity index (χ4n) is 1.18. The number of rotatable bonds is 2. The lowest BCUT2D eigenvalue weighted by molar-refractivity contribution is -0.154. The van der Waals surface area contributed by atoms with Crippen LogP contribution in [-0.4, -0.2) is 41.9 Å². The topological polar surface area (TPSA) is 38.7 Å². The highest BCUT2D eigenvalue weighted by Gasteiger charge is 2.12. The lowest BCUT2D eigenvalue weighted by Gasteiger charge is -2.21. The standard InChI is InChI=1S/C9H13BrO2.C4H5BrO/c10-6-2-4-8-12-9-5-1-3-7-11-9;5-3-1-2-4-6/h9H,1,3,5-8H2;6H,3-4H2. The quantitative estimate of drug-likeness (QED) is 0.589. The number of aliphatic hydroxyl groups is 1. The Kier molecular flexibility index (Phi) is 15.0. The van der Waals surface area contributed by atoms with Crippen LogP contribution in [0.3, 0.4) is 0 Å². The Balaban J connectivity index is 0.000000411. The minimum atomic E-state index is -0.0361. The Morgan fingerprint density at radius 1 is 1.11 bits per heavy atom. The van der Waals surface area contributed by atoms with Gasteiger partial charge in [0.25, 0.3) is 0 Å². The summed E-state index contributed by atoms with van der Waals surface area (Å²) < 4.78 is 10.7. The number of hydrogen-bond acceptors (Lipinski definition) is 3. The van der Waals surface area contributed by atoms with Gasteiger partial charge in [-0.25, -0.2) is 0 Å². The van der Waals surface area contributed by atoms with E-state index in [-0.39, 0.29) is 12.9 Å². The smallest absolute Gasteiger partial charge is 0.158 e. The highest BCUT2D eigenvalue weighted by Crippen LogP contribution is 2.12. The molecule has 1 saturated heterocycles. The number of ether oxygens (including phenoxy) is 2. The molecular formula is C13H18Br2O3. The molecule has 0 aromatic carbocycles. The predicted octanol–water partition coefficient (Wildman–Crippen LogP) is 2.30. The van der Waals surface area contributed by atoms with Crippen LogP contribution in [0.1, 0.15) is 19.3 Å². The van der Waals surface area contributed by atoms with Crippen molar-refractivity contribution in [2.24, 2.45) is 0 Å². The number of aliphatic hydroxyl groups excluding tert-OH is 1. The van der Waals surface area contributed by atoms with Crippen molar-refractivity contribution < 1.29 is 14.6 Å². The fourth-order valence-corrected chi connectivity index (χ4v) is 1.58. The van der Waals surface area contributed by atoms with Crippen LogP contribution in [0.5, 0.6) is 0 Å². The molecule has 0 bridgehead atoms. The zero-order chi connectivity index (χ0) is 13.5. The van der Waals surface area contributed by atoms with Gasteiger partial charge >= 0.3 is 0 Å². The maximum atomic E-state index is 8.00. The summed E-state index contributed by atoms with van der Waals surface area (Å²) in [5.74, 6) is 10.8. The van der Waals surface area contributed by atoms with E-state index < -0.39 is 0 Å². The average molecular weight is 382 g/mol. The monoisotopic (exact) mass is 380 g/mol. The molecule has 102 valence electrons. The molecule has 1 heterocycles. The van der Waals surface area contributed by atoms with Crippen molar-refractivity contribution >= 4 is 31.9 Å². The molecule has 1 atom stereocenters. The van der Waals surface area contributed by atoms with E-state index in [0.29, 0.717) is 17.3 Å². The van der Waals surface area contributed by atoms with Gasteiger partial charge in [-0.3, -0.25) is 0 Å². The van der Waals surface area contributed by atoms with Crippen LogP contribution >= 0.6 is 31.9 Å². The van der Waals surface area contributed by atoms with Gasteiger partial charge in [0, 0.05) is 6.61 Å². The largest absolute Gasteiger partial charge is 0.384 e. The first-order valence-corrected chi connectivity index (χ1v) is 7.96. The third-order valence-electron chi connectivity index (χ3n) is 1.94. The molecule has 18 heavy (non-hydrogen) atoms. The fraction of sp³-hybridized carbons (Fsp3) is 0.692. The van der Waals surface area contributed by atoms with Crippen LogP contribution in [0.4, 0.5) is 0 Å². The van der Waals surface area contributed by atoms with Gasteiger partial charge in [0.2, 0.25) is 0 Å². The summed E-state index contributed by atoms with van der Waals surface area (Å²) >= 11 is 6.28. The number of hydrogen-bond donors (Lipinski definition) is 1. The predicted molar refractivity (Wildman–Crippen MR) is 79.8 cm³/mol. The lowest BCUT2D eigenvalue weighted by Crippen LogP contribution is -2.22. The highest BCUT2D eigenvalue weighted by atomic mass is 79.9. The van der Waals surface area contributed by atoms with Gasteiger partial charge in [-0.15, -0.1) is 0 Å². The second-order valence-electron chi connectivity index (χ2n) is 3.24. The highest BCUT2D eigenvalue weighted by molar-refractivity contribution is 9.09. The molecule has 0 aromatic rings. The van der Waals surface area contributed by atoms with Crippen molar-refractivity contribution in [3.63, 3.8) is 0 Å². The SMILES string of the molecule is BrCC#CCOC1CCCCO1.OCC#CCBr. The first-order valence-electron chi connectivity index (χ1n) is 5.72. The molecule has 1 aliphatic rings. The molecule has 1 aliphatic heterocycles. The number of alkyl halides is 2. The summed E-state index contributed by atoms with van der Waals surface area (Å²) in [5.41, 5.74) is 0. The van der Waals surface area contributed by atoms with Gasteiger partial charge in [0.15, 0.2) is 6.29 Å². The van der Waals surface area contributed by atoms with Crippen molar-refractivity contribution in [2.75, 3.05) is 30.5 Å². The van der Waals surface area contributed by atoms with E-state index >= 15 is 0 Å². The first-order chi connectivity index (χ1) is 8.85. The van der Waals surface area contributed by atoms with E-state index in [1.165, 1.54) is 6.42 Å². The molecule has 5 heteroatoms. The molecule has 1 rings (SSSR count). The van der Waals surface area contributed by atoms with Gasteiger partial charge in [0.05, 0.1) is 10.7 Å². The molecular weight excluding hydrogens is 364 g/mol. The molecule has 1 N–H and O–H groups in total. The van der Waals surface area contributed by atoms with Gasteiger partial charge in [0.1, 0.15) is 13.2 Å². The zero-order valence-corrected chi connectivity index (χ0v) is 13.4. The van der Waals surface area contributed by atoms with E-state index in [0.717, 1.165) is 19.4 Å².